The van der Waals surface area contributed by atoms with Crippen LogP contribution in [0.5, 0.6) is 5.75 Å². The summed E-state index contributed by atoms with van der Waals surface area (Å²) in [7, 11) is 3.27. The Morgan fingerprint density at radius 1 is 1.29 bits per heavy atom. The molecule has 2 N–H and O–H groups in total. The number of hydrogen-bond acceptors (Lipinski definition) is 6. The van der Waals surface area contributed by atoms with Crippen molar-refractivity contribution >= 4 is 17.3 Å². The van der Waals surface area contributed by atoms with Crippen molar-refractivity contribution in [1.82, 2.24) is 14.7 Å². The number of rotatable bonds is 6. The lowest BCUT2D eigenvalue weighted by Crippen LogP contribution is -2.62. The van der Waals surface area contributed by atoms with E-state index in [1.54, 1.807) is 20.4 Å². The van der Waals surface area contributed by atoms with Crippen molar-refractivity contribution < 1.29 is 4.74 Å². The number of ether oxygens (including phenoxy) is 1. The van der Waals surface area contributed by atoms with Gasteiger partial charge in [0.15, 0.2) is 0 Å². The molecule has 0 saturated carbocycles. The molecule has 0 radical (unpaired) electrons. The number of nitrogens with two attached hydrogens (primary N) is 1. The minimum atomic E-state index is -0.571. The van der Waals surface area contributed by atoms with Crippen molar-refractivity contribution in [3.05, 3.63) is 51.4 Å². The summed E-state index contributed by atoms with van der Waals surface area (Å²) in [6, 6.07) is 8.10. The van der Waals surface area contributed by atoms with Crippen LogP contribution in [-0.4, -0.2) is 53.6 Å². The molecular weight excluding hydrogens is 378 g/mol. The summed E-state index contributed by atoms with van der Waals surface area (Å²) in [6.07, 6.45) is 2.88. The van der Waals surface area contributed by atoms with Gasteiger partial charge in [-0.3, -0.25) is 9.69 Å². The van der Waals surface area contributed by atoms with Gasteiger partial charge < -0.3 is 15.4 Å². The molecular formula is C20H28ClN5O2. The number of aryl methyl sites for hydroxylation is 1. The van der Waals surface area contributed by atoms with Crippen LogP contribution >= 0.6 is 11.6 Å². The minimum absolute atomic E-state index is 0.204. The Kier molecular flexibility index (Phi) is 6.27. The van der Waals surface area contributed by atoms with E-state index in [4.69, 9.17) is 22.1 Å². The van der Waals surface area contributed by atoms with E-state index < -0.39 is 5.66 Å². The third kappa shape index (κ3) is 4.16. The van der Waals surface area contributed by atoms with Gasteiger partial charge in [0, 0.05) is 51.4 Å². The zero-order chi connectivity index (χ0) is 20.3. The molecule has 1 aliphatic rings. The van der Waals surface area contributed by atoms with Gasteiger partial charge >= 0.3 is 0 Å². The summed E-state index contributed by atoms with van der Waals surface area (Å²) < 4.78 is 6.57. The minimum Gasteiger partial charge on any atom is -0.497 e. The van der Waals surface area contributed by atoms with Crippen LogP contribution in [0.15, 0.2) is 35.3 Å². The van der Waals surface area contributed by atoms with Gasteiger partial charge in [-0.05, 0) is 24.1 Å². The zero-order valence-corrected chi connectivity index (χ0v) is 17.4. The third-order valence-electron chi connectivity index (χ3n) is 5.59. The Morgan fingerprint density at radius 2 is 2.00 bits per heavy atom. The first-order valence-electron chi connectivity index (χ1n) is 9.51. The topological polar surface area (TPSA) is 76.6 Å². The Labute approximate surface area is 170 Å². The van der Waals surface area contributed by atoms with Gasteiger partial charge in [-0.25, -0.2) is 4.68 Å². The van der Waals surface area contributed by atoms with E-state index in [2.05, 4.69) is 34.0 Å². The van der Waals surface area contributed by atoms with E-state index in [1.807, 2.05) is 12.1 Å². The maximum absolute atomic E-state index is 12.1. The third-order valence-corrected chi connectivity index (χ3v) is 5.99. The van der Waals surface area contributed by atoms with E-state index >= 15 is 0 Å². The second-order valence-corrected chi connectivity index (χ2v) is 7.60. The molecule has 2 aromatic rings. The molecule has 2 heterocycles. The number of methoxy groups -OCH3 is 1. The smallest absolute Gasteiger partial charge is 0.285 e. The fourth-order valence-corrected chi connectivity index (χ4v) is 3.91. The zero-order valence-electron chi connectivity index (χ0n) is 16.7. The van der Waals surface area contributed by atoms with E-state index in [9.17, 15) is 4.79 Å². The monoisotopic (exact) mass is 405 g/mol. The molecule has 1 aromatic carbocycles. The highest BCUT2D eigenvalue weighted by atomic mass is 35.5. The molecule has 1 aliphatic heterocycles. The predicted octanol–water partition coefficient (Wildman–Crippen LogP) is 1.87. The maximum atomic E-state index is 12.1. The predicted molar refractivity (Wildman–Crippen MR) is 112 cm³/mol. The van der Waals surface area contributed by atoms with E-state index in [0.717, 1.165) is 44.0 Å². The molecule has 7 nitrogen and oxygen atoms in total. The number of anilines is 1. The average Bonchev–Trinajstić information content (AvgIpc) is 2.74. The Bertz CT molecular complexity index is 879. The molecule has 0 amide bonds. The van der Waals surface area contributed by atoms with Gasteiger partial charge in [0.05, 0.1) is 19.0 Å². The van der Waals surface area contributed by atoms with E-state index in [1.165, 1.54) is 4.68 Å². The number of aromatic nitrogens is 2. The SMILES string of the molecule is CCC(N)(Cc1cnn(C)c(=O)c1Cl)N1CCN(c2cccc(OC)c2)CC1. The van der Waals surface area contributed by atoms with Crippen LogP contribution in [0.3, 0.4) is 0 Å². The number of piperazine rings is 1. The average molecular weight is 406 g/mol. The molecule has 1 fully saturated rings. The van der Waals surface area contributed by atoms with Crippen LogP contribution in [0.25, 0.3) is 0 Å². The maximum Gasteiger partial charge on any atom is 0.285 e. The van der Waals surface area contributed by atoms with Crippen LogP contribution in [0, 0.1) is 0 Å². The Hall–Kier alpha value is -2.09. The number of halogens is 1. The summed E-state index contributed by atoms with van der Waals surface area (Å²) in [5.74, 6) is 0.856. The second kappa shape index (κ2) is 8.51. The highest BCUT2D eigenvalue weighted by molar-refractivity contribution is 6.31. The molecule has 1 atom stereocenters. The molecule has 3 rings (SSSR count). The second-order valence-electron chi connectivity index (χ2n) is 7.22. The van der Waals surface area contributed by atoms with Crippen molar-refractivity contribution in [1.29, 1.82) is 0 Å². The first-order chi connectivity index (χ1) is 13.4. The van der Waals surface area contributed by atoms with Gasteiger partial charge in [0.2, 0.25) is 0 Å². The van der Waals surface area contributed by atoms with Gasteiger partial charge in [-0.1, -0.05) is 24.6 Å². The number of benzene rings is 1. The lowest BCUT2D eigenvalue weighted by molar-refractivity contribution is 0.0805. The fraction of sp³-hybridized carbons (Fsp3) is 0.500. The van der Waals surface area contributed by atoms with Gasteiger partial charge in [0.25, 0.3) is 5.56 Å². The van der Waals surface area contributed by atoms with Crippen molar-refractivity contribution in [2.24, 2.45) is 12.8 Å². The normalized spacial score (nSPS) is 17.4. The van der Waals surface area contributed by atoms with Crippen molar-refractivity contribution in [2.75, 3.05) is 38.2 Å². The molecule has 0 bridgehead atoms. The molecule has 1 unspecified atom stereocenters. The highest BCUT2D eigenvalue weighted by Gasteiger charge is 2.34. The van der Waals surface area contributed by atoms with Crippen LogP contribution in [0.2, 0.25) is 5.02 Å². The quantitative estimate of drug-likeness (QED) is 0.790. The molecule has 1 aromatic heterocycles. The molecule has 0 spiro atoms. The fourth-order valence-electron chi connectivity index (χ4n) is 3.68. The summed E-state index contributed by atoms with van der Waals surface area (Å²) in [6.45, 7) is 5.47. The summed E-state index contributed by atoms with van der Waals surface area (Å²) >= 11 is 6.26. The van der Waals surface area contributed by atoms with Crippen molar-refractivity contribution in [2.45, 2.75) is 25.4 Å². The first kappa shape index (κ1) is 20.6. The van der Waals surface area contributed by atoms with E-state index in [-0.39, 0.29) is 10.6 Å². The van der Waals surface area contributed by atoms with Crippen LogP contribution in [0.4, 0.5) is 5.69 Å². The molecule has 28 heavy (non-hydrogen) atoms. The van der Waals surface area contributed by atoms with Crippen LogP contribution in [-0.2, 0) is 13.5 Å². The lowest BCUT2D eigenvalue weighted by atomic mass is 9.96. The molecule has 8 heteroatoms. The summed E-state index contributed by atoms with van der Waals surface area (Å²) in [5, 5.41) is 4.30. The Balaban J connectivity index is 1.72. The van der Waals surface area contributed by atoms with Crippen LogP contribution in [0.1, 0.15) is 18.9 Å². The standard InChI is InChI=1S/C20H28ClN5O2/c1-4-20(22,13-15-14-23-24(2)19(27)18(15)21)26-10-8-25(9-11-26)16-6-5-7-17(12-16)28-3/h5-7,12,14H,4,8-11,13,22H2,1-3H3. The molecule has 152 valence electrons. The van der Waals surface area contributed by atoms with Gasteiger partial charge in [-0.2, -0.15) is 5.10 Å². The molecule has 0 aliphatic carbocycles. The van der Waals surface area contributed by atoms with Crippen molar-refractivity contribution in [3.8, 4) is 5.75 Å². The summed E-state index contributed by atoms with van der Waals surface area (Å²) in [5.41, 5.74) is 7.77. The molecule has 1 saturated heterocycles. The highest BCUT2D eigenvalue weighted by Crippen LogP contribution is 2.26. The van der Waals surface area contributed by atoms with E-state index in [0.29, 0.717) is 12.0 Å². The van der Waals surface area contributed by atoms with Crippen LogP contribution < -0.4 is 20.9 Å². The van der Waals surface area contributed by atoms with Crippen molar-refractivity contribution in [3.63, 3.8) is 0 Å². The number of nitrogens with zero attached hydrogens (tertiary/aromatic N) is 4. The largest absolute Gasteiger partial charge is 0.497 e. The van der Waals surface area contributed by atoms with Gasteiger partial charge in [0.1, 0.15) is 10.8 Å². The Morgan fingerprint density at radius 3 is 2.64 bits per heavy atom. The first-order valence-corrected chi connectivity index (χ1v) is 9.89. The van der Waals surface area contributed by atoms with Gasteiger partial charge in [-0.15, -0.1) is 0 Å². The lowest BCUT2D eigenvalue weighted by Gasteiger charge is -2.46. The number of hydrogen-bond donors (Lipinski definition) is 1. The summed E-state index contributed by atoms with van der Waals surface area (Å²) in [4.78, 5) is 16.7.